The molecular weight excluding hydrogens is 1010 g/mol. The van der Waals surface area contributed by atoms with Crippen molar-refractivity contribution < 1.29 is 37.3 Å². The number of nitrogens with zero attached hydrogens (tertiary/aromatic N) is 1. The minimum absolute atomic E-state index is 0.0257. The number of amides is 1. The number of allylic oxidation sites excluding steroid dienone is 15. The zero-order valence-corrected chi connectivity index (χ0v) is 53.7. The molecule has 0 heterocycles. The minimum Gasteiger partial charge on any atom is -0.456 e. The molecule has 0 saturated heterocycles. The Morgan fingerprint density at radius 1 is 0.450 bits per heavy atom. The third-order valence-electron chi connectivity index (χ3n) is 14.3. The van der Waals surface area contributed by atoms with Crippen molar-refractivity contribution in [1.82, 2.24) is 5.32 Å². The Labute approximate surface area is 494 Å². The Morgan fingerprint density at radius 3 is 1.23 bits per heavy atom. The standard InChI is InChI=1S/C70H125N2O7P/c1-7-10-13-16-19-22-25-28-30-32-34-35-36-37-39-40-42-44-47-50-53-56-59-62-69(73)71-67(66-78-80(75,76)77-65-64-72(4,5)6)68(61-58-55-52-49-46-27-24-21-18-15-12-9-3)79-70(74)63-60-57-54-51-48-45-43-41-38-33-31-29-26-23-20-17-14-11-8-2/h11,14,20,23,28-31,38,41,45,48,54,57-58,61,67-68H,7-10,12-13,15-19,21-22,24-27,32-37,39-40,42-44,46-47,49-53,55-56,59-60,62-66H2,1-6H3,(H-,71,73,75,76)/p+1/b14-11-,23-20-,30-28+,31-29-,41-38-,48-45-,57-54-,61-58-. The number of hydrogen-bond acceptors (Lipinski definition) is 6. The highest BCUT2D eigenvalue weighted by atomic mass is 31.2. The van der Waals surface area contributed by atoms with Crippen LogP contribution in [-0.4, -0.2) is 74.3 Å². The molecule has 0 aliphatic carbocycles. The molecule has 0 bridgehead atoms. The number of unbranched alkanes of at least 4 members (excludes halogenated alkanes) is 29. The second-order valence-corrected chi connectivity index (χ2v) is 24.7. The Balaban J connectivity index is 5.25. The van der Waals surface area contributed by atoms with Crippen LogP contribution in [0.2, 0.25) is 0 Å². The van der Waals surface area contributed by atoms with Crippen LogP contribution in [0.1, 0.15) is 284 Å². The molecule has 462 valence electrons. The summed E-state index contributed by atoms with van der Waals surface area (Å²) in [5, 5.41) is 3.04. The Morgan fingerprint density at radius 2 is 0.812 bits per heavy atom. The SMILES string of the molecule is CC/C=C\C/C=C\C/C=C\C/C=C\C/C=C\C/C=C\CCC(=O)OC(/C=C\CCCCCCCCCCCC)C(COP(=O)(O)OCC[N+](C)(C)C)NC(=O)CCCCCCCCCCCCCCC/C=C/CCCCCCCC. The van der Waals surface area contributed by atoms with E-state index in [9.17, 15) is 19.0 Å². The third-order valence-corrected chi connectivity index (χ3v) is 15.3. The summed E-state index contributed by atoms with van der Waals surface area (Å²) in [5.41, 5.74) is 0. The van der Waals surface area contributed by atoms with Crippen LogP contribution in [0.15, 0.2) is 97.2 Å². The molecule has 0 spiro atoms. The molecule has 3 unspecified atom stereocenters. The van der Waals surface area contributed by atoms with Crippen molar-refractivity contribution >= 4 is 19.7 Å². The molecule has 2 N–H and O–H groups in total. The summed E-state index contributed by atoms with van der Waals surface area (Å²) in [4.78, 5) is 37.7. The average Bonchev–Trinajstić information content (AvgIpc) is 3.43. The first-order valence-electron chi connectivity index (χ1n) is 33.1. The van der Waals surface area contributed by atoms with Crippen molar-refractivity contribution in [3.63, 3.8) is 0 Å². The molecule has 9 nitrogen and oxygen atoms in total. The van der Waals surface area contributed by atoms with Crippen molar-refractivity contribution in [2.45, 2.75) is 296 Å². The molecule has 0 aromatic carbocycles. The van der Waals surface area contributed by atoms with Crippen molar-refractivity contribution in [2.75, 3.05) is 40.9 Å². The van der Waals surface area contributed by atoms with Crippen LogP contribution >= 0.6 is 7.82 Å². The molecule has 80 heavy (non-hydrogen) atoms. The van der Waals surface area contributed by atoms with E-state index in [0.29, 0.717) is 23.9 Å². The second kappa shape index (κ2) is 59.1. The average molecular weight is 1140 g/mol. The Bertz CT molecular complexity index is 1690. The normalized spacial score (nSPS) is 14.2. The van der Waals surface area contributed by atoms with Gasteiger partial charge in [0.1, 0.15) is 19.3 Å². The number of ether oxygens (including phenoxy) is 1. The number of rotatable bonds is 59. The lowest BCUT2D eigenvalue weighted by atomic mass is 10.0. The summed E-state index contributed by atoms with van der Waals surface area (Å²) in [5.74, 6) is -0.601. The smallest absolute Gasteiger partial charge is 0.456 e. The van der Waals surface area contributed by atoms with Gasteiger partial charge >= 0.3 is 13.8 Å². The largest absolute Gasteiger partial charge is 0.472 e. The summed E-state index contributed by atoms with van der Waals surface area (Å²) < 4.78 is 30.7. The van der Waals surface area contributed by atoms with Crippen molar-refractivity contribution in [3.05, 3.63) is 97.2 Å². The first kappa shape index (κ1) is 76.9. The summed E-state index contributed by atoms with van der Waals surface area (Å²) in [6.45, 7) is 6.86. The number of phosphoric acid groups is 1. The molecule has 0 aliphatic heterocycles. The predicted molar refractivity (Wildman–Crippen MR) is 346 cm³/mol. The van der Waals surface area contributed by atoms with Crippen LogP contribution in [0.5, 0.6) is 0 Å². The van der Waals surface area contributed by atoms with Gasteiger partial charge in [0.05, 0.1) is 33.8 Å². The number of carbonyl (C=O) groups is 2. The maximum Gasteiger partial charge on any atom is 0.472 e. The zero-order chi connectivity index (χ0) is 58.6. The number of quaternary nitrogens is 1. The molecule has 10 heteroatoms. The molecular formula is C70H126N2O7P+. The summed E-state index contributed by atoms with van der Waals surface area (Å²) in [6.07, 6.45) is 80.0. The number of phosphoric ester groups is 1. The van der Waals surface area contributed by atoms with Crippen LogP contribution in [-0.2, 0) is 27.9 Å². The zero-order valence-electron chi connectivity index (χ0n) is 52.8. The lowest BCUT2D eigenvalue weighted by Crippen LogP contribution is -2.47. The van der Waals surface area contributed by atoms with E-state index >= 15 is 0 Å². The van der Waals surface area contributed by atoms with E-state index in [1.807, 2.05) is 39.4 Å². The summed E-state index contributed by atoms with van der Waals surface area (Å²) >= 11 is 0. The van der Waals surface area contributed by atoms with Crippen molar-refractivity contribution in [2.24, 2.45) is 0 Å². The number of esters is 1. The third kappa shape index (κ3) is 59.5. The lowest BCUT2D eigenvalue weighted by molar-refractivity contribution is -0.870. The van der Waals surface area contributed by atoms with Crippen molar-refractivity contribution in [1.29, 1.82) is 0 Å². The van der Waals surface area contributed by atoms with Gasteiger partial charge in [-0.3, -0.25) is 18.6 Å². The fraction of sp³-hybridized carbons (Fsp3) is 0.743. The van der Waals surface area contributed by atoms with E-state index in [2.05, 4.69) is 105 Å². The van der Waals surface area contributed by atoms with Gasteiger partial charge in [-0.05, 0) is 96.0 Å². The van der Waals surface area contributed by atoms with E-state index in [1.54, 1.807) is 0 Å². The van der Waals surface area contributed by atoms with Crippen LogP contribution in [0.4, 0.5) is 0 Å². The van der Waals surface area contributed by atoms with Crippen LogP contribution in [0.3, 0.4) is 0 Å². The van der Waals surface area contributed by atoms with Gasteiger partial charge in [-0.2, -0.15) is 0 Å². The summed E-state index contributed by atoms with van der Waals surface area (Å²) in [7, 11) is 1.45. The predicted octanol–water partition coefficient (Wildman–Crippen LogP) is 20.7. The molecule has 0 rings (SSSR count). The van der Waals surface area contributed by atoms with E-state index in [1.165, 1.54) is 167 Å². The molecule has 0 fully saturated rings. The number of likely N-dealkylation sites (N-methyl/N-ethyl adjacent to an activating group) is 1. The highest BCUT2D eigenvalue weighted by Gasteiger charge is 2.30. The van der Waals surface area contributed by atoms with Gasteiger partial charge in [0, 0.05) is 12.8 Å². The van der Waals surface area contributed by atoms with Crippen LogP contribution in [0.25, 0.3) is 0 Å². The molecule has 0 aromatic rings. The molecule has 1 amide bonds. The topological polar surface area (TPSA) is 111 Å². The number of carbonyl (C=O) groups excluding carboxylic acids is 2. The lowest BCUT2D eigenvalue weighted by Gasteiger charge is -2.27. The van der Waals surface area contributed by atoms with Gasteiger partial charge in [-0.1, -0.05) is 272 Å². The van der Waals surface area contributed by atoms with Gasteiger partial charge in [0.25, 0.3) is 0 Å². The van der Waals surface area contributed by atoms with Gasteiger partial charge in [0.15, 0.2) is 0 Å². The fourth-order valence-electron chi connectivity index (χ4n) is 9.20. The van der Waals surface area contributed by atoms with Crippen molar-refractivity contribution in [3.8, 4) is 0 Å². The van der Waals surface area contributed by atoms with E-state index in [4.69, 9.17) is 13.8 Å². The molecule has 0 aliphatic rings. The molecule has 0 aromatic heterocycles. The second-order valence-electron chi connectivity index (χ2n) is 23.3. The first-order chi connectivity index (χ1) is 38.9. The minimum atomic E-state index is -4.47. The van der Waals surface area contributed by atoms with Gasteiger partial charge in [-0.15, -0.1) is 0 Å². The van der Waals surface area contributed by atoms with Crippen LogP contribution < -0.4 is 5.32 Å². The highest BCUT2D eigenvalue weighted by Crippen LogP contribution is 2.43. The molecule has 0 radical (unpaired) electrons. The summed E-state index contributed by atoms with van der Waals surface area (Å²) in [6, 6.07) is -0.884. The van der Waals surface area contributed by atoms with Crippen LogP contribution in [0, 0.1) is 0 Å². The Kier molecular flexibility index (Phi) is 56.8. The molecule has 3 atom stereocenters. The number of hydrogen-bond donors (Lipinski definition) is 2. The van der Waals surface area contributed by atoms with Gasteiger partial charge in [-0.25, -0.2) is 4.57 Å². The maximum absolute atomic E-state index is 13.6. The van der Waals surface area contributed by atoms with E-state index < -0.39 is 25.9 Å². The van der Waals surface area contributed by atoms with Gasteiger partial charge in [0.2, 0.25) is 5.91 Å². The van der Waals surface area contributed by atoms with Gasteiger partial charge < -0.3 is 19.4 Å². The maximum atomic E-state index is 13.6. The number of nitrogens with one attached hydrogen (secondary N) is 1. The van der Waals surface area contributed by atoms with E-state index in [0.717, 1.165) is 77.0 Å². The fourth-order valence-corrected chi connectivity index (χ4v) is 9.93. The first-order valence-corrected chi connectivity index (χ1v) is 34.6. The Hall–Kier alpha value is -3.07. The van der Waals surface area contributed by atoms with E-state index in [-0.39, 0.29) is 25.5 Å². The monoisotopic (exact) mass is 1140 g/mol. The highest BCUT2D eigenvalue weighted by molar-refractivity contribution is 7.47. The molecule has 0 saturated carbocycles. The quantitative estimate of drug-likeness (QED) is 0.0205.